The van der Waals surface area contributed by atoms with Crippen molar-refractivity contribution in [3.05, 3.63) is 24.3 Å². The lowest BCUT2D eigenvalue weighted by molar-refractivity contribution is -0.151. The summed E-state index contributed by atoms with van der Waals surface area (Å²) < 4.78 is 5.90. The Balaban J connectivity index is 4.55. The van der Waals surface area contributed by atoms with Gasteiger partial charge in [-0.2, -0.15) is 0 Å². The number of nitrogens with one attached hydrogen (secondary N) is 1. The van der Waals surface area contributed by atoms with E-state index in [1.165, 1.54) is 161 Å². The van der Waals surface area contributed by atoms with Crippen LogP contribution in [0, 0.1) is 0 Å². The summed E-state index contributed by atoms with van der Waals surface area (Å²) in [6, 6.07) is -0.705. The number of amides is 1. The lowest BCUT2D eigenvalue weighted by atomic mass is 10.0. The summed E-state index contributed by atoms with van der Waals surface area (Å²) in [5.74, 6) is -0.500. The van der Waals surface area contributed by atoms with Gasteiger partial charge < -0.3 is 20.3 Å². The van der Waals surface area contributed by atoms with E-state index in [1.54, 1.807) is 0 Å². The van der Waals surface area contributed by atoms with E-state index in [4.69, 9.17) is 4.74 Å². The lowest BCUT2D eigenvalue weighted by Gasteiger charge is -2.24. The number of hydrogen-bond donors (Lipinski definition) is 3. The van der Waals surface area contributed by atoms with Gasteiger partial charge in [0, 0.05) is 6.42 Å². The average Bonchev–Trinajstić information content (AvgIpc) is 3.20. The second-order valence-corrected chi connectivity index (χ2v) is 17.2. The summed E-state index contributed by atoms with van der Waals surface area (Å²) in [6.07, 6.45) is 50.9. The van der Waals surface area contributed by atoms with Crippen molar-refractivity contribution >= 4 is 11.9 Å². The molecule has 336 valence electrons. The van der Waals surface area contributed by atoms with Gasteiger partial charge in [-0.05, 0) is 70.6 Å². The van der Waals surface area contributed by atoms with Crippen LogP contribution in [0.5, 0.6) is 0 Å². The van der Waals surface area contributed by atoms with Gasteiger partial charge in [0.2, 0.25) is 5.91 Å². The molecule has 0 aromatic rings. The van der Waals surface area contributed by atoms with E-state index in [9.17, 15) is 19.8 Å². The molecule has 1 amide bonds. The molecule has 0 aliphatic heterocycles. The highest BCUT2D eigenvalue weighted by Crippen LogP contribution is 2.17. The summed E-state index contributed by atoms with van der Waals surface area (Å²) in [4.78, 5) is 26.0. The number of hydrogen-bond acceptors (Lipinski definition) is 5. The minimum Gasteiger partial charge on any atom is -0.462 e. The number of aliphatic hydroxyl groups excluding tert-OH is 2. The Morgan fingerprint density at radius 3 is 1.30 bits per heavy atom. The third-order valence-corrected chi connectivity index (χ3v) is 11.5. The summed E-state index contributed by atoms with van der Waals surface area (Å²) in [7, 11) is 0. The first-order valence-corrected chi connectivity index (χ1v) is 25.1. The van der Waals surface area contributed by atoms with Crippen LogP contribution >= 0.6 is 0 Å². The smallest absolute Gasteiger partial charge is 0.306 e. The molecule has 6 nitrogen and oxygen atoms in total. The Kier molecular flexibility index (Phi) is 44.1. The number of aliphatic hydroxyl groups is 2. The number of rotatable bonds is 45. The van der Waals surface area contributed by atoms with Gasteiger partial charge in [-0.1, -0.05) is 206 Å². The molecule has 3 N–H and O–H groups in total. The number of allylic oxidation sites excluding steroid dienone is 4. The fraction of sp³-hybridized carbons (Fsp3) is 0.882. The molecule has 0 spiro atoms. The van der Waals surface area contributed by atoms with Crippen LogP contribution in [0.2, 0.25) is 0 Å². The second-order valence-electron chi connectivity index (χ2n) is 17.2. The Bertz CT molecular complexity index is 904. The highest BCUT2D eigenvalue weighted by molar-refractivity contribution is 5.77. The number of unbranched alkanes of at least 4 members (excludes halogenated alkanes) is 29. The zero-order valence-electron chi connectivity index (χ0n) is 38.2. The molecule has 0 saturated carbocycles. The summed E-state index contributed by atoms with van der Waals surface area (Å²) in [5, 5.41) is 23.7. The molecule has 6 heteroatoms. The van der Waals surface area contributed by atoms with Gasteiger partial charge in [0.15, 0.2) is 0 Å². The van der Waals surface area contributed by atoms with E-state index in [1.807, 2.05) is 0 Å². The topological polar surface area (TPSA) is 95.9 Å². The van der Waals surface area contributed by atoms with Gasteiger partial charge in [0.25, 0.3) is 0 Å². The van der Waals surface area contributed by atoms with E-state index in [0.717, 1.165) is 57.8 Å². The van der Waals surface area contributed by atoms with Gasteiger partial charge in [0.1, 0.15) is 6.10 Å². The SMILES string of the molecule is CCCCCC/C=C\CCCCCCCCCC(=O)OC(CCC/C=C\CCCCCCCC)CC(=O)NC(CO)C(O)CCCCCCCCCCCCCC. The van der Waals surface area contributed by atoms with Crippen LogP contribution in [0.3, 0.4) is 0 Å². The van der Waals surface area contributed by atoms with Crippen molar-refractivity contribution in [3.63, 3.8) is 0 Å². The van der Waals surface area contributed by atoms with Crippen LogP contribution in [0.15, 0.2) is 24.3 Å². The predicted octanol–water partition coefficient (Wildman–Crippen LogP) is 14.7. The normalized spacial score (nSPS) is 13.4. The van der Waals surface area contributed by atoms with Gasteiger partial charge >= 0.3 is 5.97 Å². The van der Waals surface area contributed by atoms with Crippen LogP contribution in [-0.2, 0) is 14.3 Å². The van der Waals surface area contributed by atoms with E-state index in [0.29, 0.717) is 19.3 Å². The van der Waals surface area contributed by atoms with Crippen molar-refractivity contribution in [3.8, 4) is 0 Å². The lowest BCUT2D eigenvalue weighted by Crippen LogP contribution is -2.46. The van der Waals surface area contributed by atoms with E-state index in [-0.39, 0.29) is 24.9 Å². The molecular formula is C51H97NO5. The second kappa shape index (κ2) is 45.4. The van der Waals surface area contributed by atoms with E-state index < -0.39 is 18.2 Å². The monoisotopic (exact) mass is 804 g/mol. The predicted molar refractivity (Wildman–Crippen MR) is 246 cm³/mol. The van der Waals surface area contributed by atoms with Gasteiger partial charge in [-0.15, -0.1) is 0 Å². The molecule has 57 heavy (non-hydrogen) atoms. The van der Waals surface area contributed by atoms with Crippen molar-refractivity contribution < 1.29 is 24.5 Å². The molecule has 0 fully saturated rings. The molecule has 3 atom stereocenters. The van der Waals surface area contributed by atoms with Crippen molar-refractivity contribution in [1.82, 2.24) is 5.32 Å². The van der Waals surface area contributed by atoms with Crippen LogP contribution in [0.4, 0.5) is 0 Å². The maximum atomic E-state index is 13.2. The van der Waals surface area contributed by atoms with Crippen LogP contribution < -0.4 is 5.32 Å². The zero-order valence-corrected chi connectivity index (χ0v) is 38.2. The maximum absolute atomic E-state index is 13.2. The standard InChI is InChI=1S/C51H97NO5/c1-4-7-10-13-16-19-22-24-25-26-29-32-35-38-41-44-51(56)57-47(42-39-36-33-30-27-21-18-15-12-9-6-3)45-50(55)52-48(46-53)49(54)43-40-37-34-31-28-23-20-17-14-11-8-5-2/h19,22,30,33,47-49,53-54H,4-18,20-21,23-29,31-32,34-46H2,1-3H3,(H,52,55)/b22-19-,33-30-. The highest BCUT2D eigenvalue weighted by Gasteiger charge is 2.24. The molecule has 0 aromatic carbocycles. The molecule has 3 unspecified atom stereocenters. The molecule has 0 rings (SSSR count). The van der Waals surface area contributed by atoms with Crippen molar-refractivity contribution in [2.45, 2.75) is 283 Å². The van der Waals surface area contributed by atoms with Crippen molar-refractivity contribution in [2.24, 2.45) is 0 Å². The number of esters is 1. The van der Waals surface area contributed by atoms with Crippen LogP contribution in [-0.4, -0.2) is 46.9 Å². The largest absolute Gasteiger partial charge is 0.462 e. The number of ether oxygens (including phenoxy) is 1. The molecule has 0 radical (unpaired) electrons. The first-order valence-electron chi connectivity index (χ1n) is 25.1. The maximum Gasteiger partial charge on any atom is 0.306 e. The highest BCUT2D eigenvalue weighted by atomic mass is 16.5. The van der Waals surface area contributed by atoms with Gasteiger partial charge in [-0.3, -0.25) is 9.59 Å². The van der Waals surface area contributed by atoms with Crippen LogP contribution in [0.25, 0.3) is 0 Å². The minimum absolute atomic E-state index is 0.0586. The quantitative estimate of drug-likeness (QED) is 0.0324. The summed E-state index contributed by atoms with van der Waals surface area (Å²) >= 11 is 0. The third kappa shape index (κ3) is 40.9. The number of carbonyl (C=O) groups is 2. The minimum atomic E-state index is -0.790. The molecule has 0 heterocycles. The van der Waals surface area contributed by atoms with Gasteiger partial charge in [0.05, 0.1) is 25.2 Å². The van der Waals surface area contributed by atoms with Crippen molar-refractivity contribution in [2.75, 3.05) is 6.61 Å². The fourth-order valence-electron chi connectivity index (χ4n) is 7.66. The Morgan fingerprint density at radius 2 is 0.860 bits per heavy atom. The molecule has 0 aliphatic carbocycles. The summed E-state index contributed by atoms with van der Waals surface area (Å²) in [6.45, 7) is 6.45. The zero-order chi connectivity index (χ0) is 41.7. The Morgan fingerprint density at radius 1 is 0.491 bits per heavy atom. The Labute approximate surface area is 354 Å². The molecular weight excluding hydrogens is 707 g/mol. The first-order chi connectivity index (χ1) is 28.0. The molecule has 0 aromatic heterocycles. The summed E-state index contributed by atoms with van der Waals surface area (Å²) in [5.41, 5.74) is 0. The number of carbonyl (C=O) groups excluding carboxylic acids is 2. The average molecular weight is 804 g/mol. The fourth-order valence-corrected chi connectivity index (χ4v) is 7.66. The first kappa shape index (κ1) is 55.3. The van der Waals surface area contributed by atoms with E-state index >= 15 is 0 Å². The molecule has 0 bridgehead atoms. The molecule has 0 aliphatic rings. The molecule has 0 saturated heterocycles. The Hall–Kier alpha value is -1.66. The third-order valence-electron chi connectivity index (χ3n) is 11.5. The van der Waals surface area contributed by atoms with Crippen LogP contribution in [0.1, 0.15) is 265 Å². The van der Waals surface area contributed by atoms with Crippen molar-refractivity contribution in [1.29, 1.82) is 0 Å². The van der Waals surface area contributed by atoms with Gasteiger partial charge in [-0.25, -0.2) is 0 Å². The van der Waals surface area contributed by atoms with E-state index in [2.05, 4.69) is 50.4 Å².